The van der Waals surface area contributed by atoms with E-state index in [0.717, 1.165) is 19.6 Å². The zero-order chi connectivity index (χ0) is 19.8. The van der Waals surface area contributed by atoms with Crippen molar-refractivity contribution in [1.82, 2.24) is 15.5 Å². The van der Waals surface area contributed by atoms with Crippen LogP contribution in [0.25, 0.3) is 0 Å². The number of amides is 3. The zero-order valence-corrected chi connectivity index (χ0v) is 16.5. The molecule has 148 valence electrons. The molecule has 2 heterocycles. The number of rotatable bonds is 7. The summed E-state index contributed by atoms with van der Waals surface area (Å²) in [5.41, 5.74) is 1.30. The molecule has 0 atom stereocenters. The largest absolute Gasteiger partial charge is 0.345 e. The van der Waals surface area contributed by atoms with E-state index in [0.29, 0.717) is 18.0 Å². The van der Waals surface area contributed by atoms with Crippen molar-refractivity contribution in [3.05, 3.63) is 58.3 Å². The highest BCUT2D eigenvalue weighted by molar-refractivity contribution is 7.12. The molecule has 0 saturated carbocycles. The van der Waals surface area contributed by atoms with Gasteiger partial charge in [0.05, 0.1) is 44.1 Å². The first-order valence-electron chi connectivity index (χ1n) is 9.35. The highest BCUT2D eigenvalue weighted by Gasteiger charge is 2.23. The van der Waals surface area contributed by atoms with Crippen LogP contribution in [0.1, 0.15) is 15.2 Å². The number of thiophene rings is 1. The fourth-order valence-electron chi connectivity index (χ4n) is 3.14. The lowest BCUT2D eigenvalue weighted by molar-refractivity contribution is -0.917. The molecule has 2 aromatic rings. The van der Waals surface area contributed by atoms with Crippen LogP contribution in [0.5, 0.6) is 0 Å². The summed E-state index contributed by atoms with van der Waals surface area (Å²) in [6.07, 6.45) is 0. The molecule has 0 spiro atoms. The van der Waals surface area contributed by atoms with Crippen molar-refractivity contribution in [2.45, 2.75) is 6.54 Å². The highest BCUT2D eigenvalue weighted by atomic mass is 32.1. The van der Waals surface area contributed by atoms with Crippen LogP contribution in [-0.4, -0.2) is 61.9 Å². The van der Waals surface area contributed by atoms with Gasteiger partial charge in [0.25, 0.3) is 5.91 Å². The number of carbonyl (C=O) groups excluding carboxylic acids is 3. The van der Waals surface area contributed by atoms with Crippen molar-refractivity contribution in [2.75, 3.05) is 39.3 Å². The second-order valence-corrected chi connectivity index (χ2v) is 7.68. The van der Waals surface area contributed by atoms with Gasteiger partial charge in [-0.3, -0.25) is 14.4 Å². The predicted octanol–water partition coefficient (Wildman–Crippen LogP) is -0.479. The van der Waals surface area contributed by atoms with Gasteiger partial charge < -0.3 is 20.4 Å². The molecular weight excluding hydrogens is 376 g/mol. The maximum atomic E-state index is 12.3. The molecule has 1 aliphatic heterocycles. The average molecular weight is 402 g/mol. The Labute approximate surface area is 168 Å². The van der Waals surface area contributed by atoms with Gasteiger partial charge in [-0.2, -0.15) is 0 Å². The minimum absolute atomic E-state index is 0.0400. The molecular formula is C20H25N4O3S+. The van der Waals surface area contributed by atoms with E-state index in [1.54, 1.807) is 22.4 Å². The molecule has 1 fully saturated rings. The third-order valence-corrected chi connectivity index (χ3v) is 5.58. The number of piperazine rings is 1. The summed E-state index contributed by atoms with van der Waals surface area (Å²) in [6, 6.07) is 13.8. The van der Waals surface area contributed by atoms with Crippen LogP contribution in [0, 0.1) is 0 Å². The van der Waals surface area contributed by atoms with Crippen molar-refractivity contribution in [2.24, 2.45) is 0 Å². The standard InChI is InChI=1S/C20H24N4O3S/c25-18(13-22-20(27)17-7-4-12-28-17)21-14-19(26)24-10-8-23(9-11-24)15-16-5-2-1-3-6-16/h1-7,12H,8-11,13-15H2,(H,21,25)(H,22,27)/p+1. The second kappa shape index (κ2) is 10.0. The minimum Gasteiger partial charge on any atom is -0.345 e. The SMILES string of the molecule is O=C(CNC(=O)c1cccs1)NCC(=O)N1CC[NH+](Cc2ccccc2)CC1. The summed E-state index contributed by atoms with van der Waals surface area (Å²) in [5, 5.41) is 6.93. The lowest BCUT2D eigenvalue weighted by Crippen LogP contribution is -3.13. The molecule has 8 heteroatoms. The van der Waals surface area contributed by atoms with Gasteiger partial charge in [-0.15, -0.1) is 11.3 Å². The average Bonchev–Trinajstić information content (AvgIpc) is 3.26. The van der Waals surface area contributed by atoms with E-state index >= 15 is 0 Å². The number of hydrogen-bond donors (Lipinski definition) is 3. The first kappa shape index (κ1) is 20.0. The van der Waals surface area contributed by atoms with Gasteiger partial charge >= 0.3 is 0 Å². The van der Waals surface area contributed by atoms with Crippen LogP contribution in [0.4, 0.5) is 0 Å². The summed E-state index contributed by atoms with van der Waals surface area (Å²) in [6.45, 7) is 3.94. The van der Waals surface area contributed by atoms with E-state index in [1.807, 2.05) is 18.2 Å². The van der Waals surface area contributed by atoms with E-state index in [4.69, 9.17) is 0 Å². The topological polar surface area (TPSA) is 83.0 Å². The molecule has 1 saturated heterocycles. The van der Waals surface area contributed by atoms with Gasteiger partial charge in [0.1, 0.15) is 6.54 Å². The van der Waals surface area contributed by atoms with E-state index < -0.39 is 0 Å². The van der Waals surface area contributed by atoms with Crippen LogP contribution < -0.4 is 15.5 Å². The summed E-state index contributed by atoms with van der Waals surface area (Å²) >= 11 is 1.31. The Kier molecular flexibility index (Phi) is 7.16. The van der Waals surface area contributed by atoms with Crippen molar-refractivity contribution in [3.63, 3.8) is 0 Å². The molecule has 0 radical (unpaired) electrons. The van der Waals surface area contributed by atoms with Gasteiger partial charge in [-0.05, 0) is 11.4 Å². The Bertz CT molecular complexity index is 787. The number of benzene rings is 1. The van der Waals surface area contributed by atoms with Gasteiger partial charge in [0, 0.05) is 5.56 Å². The molecule has 0 unspecified atom stereocenters. The number of nitrogens with zero attached hydrogens (tertiary/aromatic N) is 1. The third kappa shape index (κ3) is 5.90. The van der Waals surface area contributed by atoms with Crippen LogP contribution in [-0.2, 0) is 16.1 Å². The van der Waals surface area contributed by atoms with Gasteiger partial charge in [0.2, 0.25) is 11.8 Å². The maximum Gasteiger partial charge on any atom is 0.261 e. The number of nitrogens with one attached hydrogen (secondary N) is 3. The Morgan fingerprint density at radius 3 is 2.39 bits per heavy atom. The van der Waals surface area contributed by atoms with E-state index in [1.165, 1.54) is 21.8 Å². The van der Waals surface area contributed by atoms with Crippen LogP contribution in [0.2, 0.25) is 0 Å². The van der Waals surface area contributed by atoms with Crippen LogP contribution >= 0.6 is 11.3 Å². The third-order valence-electron chi connectivity index (χ3n) is 4.71. The van der Waals surface area contributed by atoms with Gasteiger partial charge in [-0.25, -0.2) is 0 Å². The van der Waals surface area contributed by atoms with Gasteiger partial charge in [0.15, 0.2) is 0 Å². The quantitative estimate of drug-likeness (QED) is 0.586. The summed E-state index contributed by atoms with van der Waals surface area (Å²) in [4.78, 5) is 39.8. The number of quaternary nitrogens is 1. The van der Waals surface area contributed by atoms with Crippen LogP contribution in [0.3, 0.4) is 0 Å². The number of hydrogen-bond acceptors (Lipinski definition) is 4. The molecule has 3 N–H and O–H groups in total. The minimum atomic E-state index is -0.369. The van der Waals surface area contributed by atoms with Crippen molar-refractivity contribution < 1.29 is 19.3 Å². The molecule has 28 heavy (non-hydrogen) atoms. The van der Waals surface area contributed by atoms with E-state index in [9.17, 15) is 14.4 Å². The van der Waals surface area contributed by atoms with Crippen molar-refractivity contribution >= 4 is 29.1 Å². The maximum absolute atomic E-state index is 12.3. The fourth-order valence-corrected chi connectivity index (χ4v) is 3.78. The molecule has 0 bridgehead atoms. The lowest BCUT2D eigenvalue weighted by Gasteiger charge is -2.32. The van der Waals surface area contributed by atoms with Crippen LogP contribution in [0.15, 0.2) is 47.8 Å². The molecule has 3 rings (SSSR count). The van der Waals surface area contributed by atoms with E-state index in [-0.39, 0.29) is 30.8 Å². The highest BCUT2D eigenvalue weighted by Crippen LogP contribution is 2.07. The Balaban J connectivity index is 1.33. The first-order chi connectivity index (χ1) is 13.6. The Morgan fingerprint density at radius 1 is 0.964 bits per heavy atom. The monoisotopic (exact) mass is 401 g/mol. The molecule has 1 aliphatic rings. The summed E-state index contributed by atoms with van der Waals surface area (Å²) in [7, 11) is 0. The molecule has 7 nitrogen and oxygen atoms in total. The normalized spacial score (nSPS) is 14.5. The predicted molar refractivity (Wildman–Crippen MR) is 107 cm³/mol. The number of carbonyl (C=O) groups is 3. The molecule has 3 amide bonds. The van der Waals surface area contributed by atoms with Crippen molar-refractivity contribution in [1.29, 1.82) is 0 Å². The molecule has 1 aromatic heterocycles. The Morgan fingerprint density at radius 2 is 1.71 bits per heavy atom. The second-order valence-electron chi connectivity index (χ2n) is 6.73. The summed E-state index contributed by atoms with van der Waals surface area (Å²) < 4.78 is 0. The first-order valence-corrected chi connectivity index (χ1v) is 10.2. The van der Waals surface area contributed by atoms with Gasteiger partial charge in [-0.1, -0.05) is 36.4 Å². The molecule has 0 aliphatic carbocycles. The van der Waals surface area contributed by atoms with Crippen molar-refractivity contribution in [3.8, 4) is 0 Å². The summed E-state index contributed by atoms with van der Waals surface area (Å²) in [5.74, 6) is -0.739. The fraction of sp³-hybridized carbons (Fsp3) is 0.350. The lowest BCUT2D eigenvalue weighted by atomic mass is 10.2. The molecule has 1 aromatic carbocycles. The smallest absolute Gasteiger partial charge is 0.261 e. The zero-order valence-electron chi connectivity index (χ0n) is 15.6. The Hall–Kier alpha value is -2.71. The van der Waals surface area contributed by atoms with E-state index in [2.05, 4.69) is 22.8 Å².